The van der Waals surface area contributed by atoms with Crippen molar-refractivity contribution >= 4 is 11.8 Å². The molecule has 0 fully saturated rings. The van der Waals surface area contributed by atoms with Crippen LogP contribution in [0.15, 0.2) is 36.4 Å². The zero-order chi connectivity index (χ0) is 18.1. The number of phenolic OH excluding ortho intramolecular Hbond substituents is 1. The molecule has 0 spiro atoms. The van der Waals surface area contributed by atoms with Crippen LogP contribution in [0.5, 0.6) is 11.5 Å². The van der Waals surface area contributed by atoms with Crippen LogP contribution in [0.3, 0.4) is 0 Å². The van der Waals surface area contributed by atoms with E-state index in [1.165, 1.54) is 0 Å². The summed E-state index contributed by atoms with van der Waals surface area (Å²) in [6.45, 7) is 1.17. The van der Waals surface area contributed by atoms with E-state index < -0.39 is 0 Å². The third-order valence-electron chi connectivity index (χ3n) is 4.45. The number of fused-ring (bicyclic) bond motifs is 2. The summed E-state index contributed by atoms with van der Waals surface area (Å²) in [5.41, 5.74) is 3.13. The Morgan fingerprint density at radius 2 is 1.40 bits per heavy atom. The smallest absolute Gasteiger partial charge is 0.254 e. The molecule has 130 valence electrons. The molecule has 0 unspecified atom stereocenters. The third-order valence-corrected chi connectivity index (χ3v) is 4.45. The molecule has 25 heavy (non-hydrogen) atoms. The fourth-order valence-corrected chi connectivity index (χ4v) is 3.09. The predicted molar refractivity (Wildman–Crippen MR) is 92.7 cm³/mol. The number of amides is 2. The first-order chi connectivity index (χ1) is 11.9. The van der Waals surface area contributed by atoms with Crippen LogP contribution in [-0.4, -0.2) is 47.9 Å². The van der Waals surface area contributed by atoms with Crippen LogP contribution in [0.25, 0.3) is 0 Å². The maximum absolute atomic E-state index is 11.5. The molecule has 2 amide bonds. The number of hydrogen-bond donors (Lipinski definition) is 1. The maximum Gasteiger partial charge on any atom is 0.254 e. The number of aromatic hydroxyl groups is 1. The number of methoxy groups -OCH3 is 1. The van der Waals surface area contributed by atoms with Crippen molar-refractivity contribution in [3.63, 3.8) is 0 Å². The number of phenols is 1. The topological polar surface area (TPSA) is 70.1 Å². The van der Waals surface area contributed by atoms with Crippen molar-refractivity contribution in [2.24, 2.45) is 0 Å². The number of benzene rings is 2. The zero-order valence-electron chi connectivity index (χ0n) is 14.4. The van der Waals surface area contributed by atoms with E-state index >= 15 is 0 Å². The van der Waals surface area contributed by atoms with Gasteiger partial charge in [0.1, 0.15) is 11.5 Å². The van der Waals surface area contributed by atoms with Crippen molar-refractivity contribution in [3.05, 3.63) is 58.7 Å². The lowest BCUT2D eigenvalue weighted by Gasteiger charge is -2.06. The zero-order valence-corrected chi connectivity index (χ0v) is 14.4. The summed E-state index contributed by atoms with van der Waals surface area (Å²) in [7, 11) is 5.14. The highest BCUT2D eigenvalue weighted by Crippen LogP contribution is 2.30. The van der Waals surface area contributed by atoms with E-state index in [0.29, 0.717) is 18.7 Å². The largest absolute Gasteiger partial charge is 0.508 e. The Hall–Kier alpha value is -3.02. The summed E-state index contributed by atoms with van der Waals surface area (Å²) in [5, 5.41) is 9.39. The molecule has 2 aliphatic rings. The van der Waals surface area contributed by atoms with Gasteiger partial charge in [0.2, 0.25) is 0 Å². The van der Waals surface area contributed by atoms with Crippen molar-refractivity contribution in [2.75, 3.05) is 21.2 Å². The minimum Gasteiger partial charge on any atom is -0.508 e. The molecule has 2 aromatic rings. The van der Waals surface area contributed by atoms with Gasteiger partial charge in [0.15, 0.2) is 0 Å². The molecule has 4 rings (SSSR count). The molecular weight excluding hydrogens is 320 g/mol. The maximum atomic E-state index is 11.5. The van der Waals surface area contributed by atoms with Crippen LogP contribution in [0, 0.1) is 0 Å². The second kappa shape index (κ2) is 6.47. The molecule has 6 nitrogen and oxygen atoms in total. The lowest BCUT2D eigenvalue weighted by atomic mass is 10.1. The third kappa shape index (κ3) is 2.91. The Balaban J connectivity index is 0.000000146. The highest BCUT2D eigenvalue weighted by molar-refractivity contribution is 5.99. The Kier molecular flexibility index (Phi) is 4.35. The van der Waals surface area contributed by atoms with Crippen molar-refractivity contribution in [1.82, 2.24) is 9.80 Å². The first kappa shape index (κ1) is 16.8. The molecule has 0 atom stereocenters. The molecule has 0 aromatic heterocycles. The first-order valence-corrected chi connectivity index (χ1v) is 7.91. The van der Waals surface area contributed by atoms with Gasteiger partial charge in [-0.05, 0) is 24.3 Å². The van der Waals surface area contributed by atoms with Crippen LogP contribution in [0.4, 0.5) is 0 Å². The molecule has 0 saturated carbocycles. The Bertz CT molecular complexity index is 847. The SMILES string of the molecule is CN1Cc2c(O)cccc2C1=O.COc1cccc2c1CN(C)C2=O. The molecule has 0 aliphatic carbocycles. The van der Waals surface area contributed by atoms with Gasteiger partial charge in [0.25, 0.3) is 11.8 Å². The van der Waals surface area contributed by atoms with Crippen LogP contribution in [-0.2, 0) is 13.1 Å². The number of carbonyl (C=O) groups is 2. The van der Waals surface area contributed by atoms with Gasteiger partial charge in [-0.3, -0.25) is 9.59 Å². The van der Waals surface area contributed by atoms with Crippen molar-refractivity contribution in [1.29, 1.82) is 0 Å². The summed E-state index contributed by atoms with van der Waals surface area (Å²) in [5.74, 6) is 1.08. The van der Waals surface area contributed by atoms with E-state index in [1.807, 2.05) is 18.2 Å². The number of nitrogens with zero attached hydrogens (tertiary/aromatic N) is 2. The fourth-order valence-electron chi connectivity index (χ4n) is 3.09. The Morgan fingerprint density at radius 3 is 1.96 bits per heavy atom. The van der Waals surface area contributed by atoms with Gasteiger partial charge in [-0.25, -0.2) is 0 Å². The molecule has 0 bridgehead atoms. The lowest BCUT2D eigenvalue weighted by Crippen LogP contribution is -2.17. The van der Waals surface area contributed by atoms with E-state index in [-0.39, 0.29) is 17.6 Å². The number of ether oxygens (including phenoxy) is 1. The number of rotatable bonds is 1. The Labute approximate surface area is 146 Å². The van der Waals surface area contributed by atoms with Gasteiger partial charge >= 0.3 is 0 Å². The number of carbonyl (C=O) groups excluding carboxylic acids is 2. The van der Waals surface area contributed by atoms with Gasteiger partial charge < -0.3 is 19.6 Å². The highest BCUT2D eigenvalue weighted by Gasteiger charge is 2.27. The fraction of sp³-hybridized carbons (Fsp3) is 0.263. The summed E-state index contributed by atoms with van der Waals surface area (Å²) in [6, 6.07) is 10.6. The summed E-state index contributed by atoms with van der Waals surface area (Å²) in [6.07, 6.45) is 0. The quantitative estimate of drug-likeness (QED) is 0.864. The number of hydrogen-bond acceptors (Lipinski definition) is 4. The summed E-state index contributed by atoms with van der Waals surface area (Å²) < 4.78 is 5.17. The van der Waals surface area contributed by atoms with E-state index in [1.54, 1.807) is 49.2 Å². The molecule has 1 N–H and O–H groups in total. The first-order valence-electron chi connectivity index (χ1n) is 7.91. The average Bonchev–Trinajstić information content (AvgIpc) is 3.07. The monoisotopic (exact) mass is 340 g/mol. The summed E-state index contributed by atoms with van der Waals surface area (Å²) >= 11 is 0. The van der Waals surface area contributed by atoms with Crippen LogP contribution < -0.4 is 4.74 Å². The van der Waals surface area contributed by atoms with E-state index in [4.69, 9.17) is 4.74 Å². The van der Waals surface area contributed by atoms with E-state index in [0.717, 1.165) is 22.4 Å². The van der Waals surface area contributed by atoms with Gasteiger partial charge in [-0.15, -0.1) is 0 Å². The molecule has 6 heteroatoms. The second-order valence-electron chi connectivity index (χ2n) is 6.11. The lowest BCUT2D eigenvalue weighted by molar-refractivity contribution is 0.0809. The second-order valence-corrected chi connectivity index (χ2v) is 6.11. The minimum absolute atomic E-state index is 0.0131. The van der Waals surface area contributed by atoms with Gasteiger partial charge in [-0.2, -0.15) is 0 Å². The van der Waals surface area contributed by atoms with Crippen molar-refractivity contribution in [3.8, 4) is 11.5 Å². The van der Waals surface area contributed by atoms with Crippen molar-refractivity contribution < 1.29 is 19.4 Å². The average molecular weight is 340 g/mol. The summed E-state index contributed by atoms with van der Waals surface area (Å²) in [4.78, 5) is 26.2. The van der Waals surface area contributed by atoms with Crippen LogP contribution in [0.2, 0.25) is 0 Å². The normalized spacial score (nSPS) is 14.8. The van der Waals surface area contributed by atoms with Crippen LogP contribution >= 0.6 is 0 Å². The van der Waals surface area contributed by atoms with E-state index in [2.05, 4.69) is 0 Å². The van der Waals surface area contributed by atoms with Gasteiger partial charge in [0.05, 0.1) is 20.2 Å². The minimum atomic E-state index is -0.0131. The van der Waals surface area contributed by atoms with E-state index in [9.17, 15) is 14.7 Å². The Morgan fingerprint density at radius 1 is 0.880 bits per heavy atom. The predicted octanol–water partition coefficient (Wildman–Crippen LogP) is 2.26. The van der Waals surface area contributed by atoms with Crippen LogP contribution in [0.1, 0.15) is 31.8 Å². The molecule has 2 heterocycles. The standard InChI is InChI=1S/C10H11NO2.C9H9NO2/c1-11-6-8-7(10(11)12)4-3-5-9(8)13-2;1-10-5-7-6(9(10)12)3-2-4-8(7)11/h3-5H,6H2,1-2H3;2-4,11H,5H2,1H3. The molecule has 0 radical (unpaired) electrons. The van der Waals surface area contributed by atoms with Crippen molar-refractivity contribution in [2.45, 2.75) is 13.1 Å². The molecule has 2 aromatic carbocycles. The van der Waals surface area contributed by atoms with Gasteiger partial charge in [0, 0.05) is 36.3 Å². The highest BCUT2D eigenvalue weighted by atomic mass is 16.5. The molecule has 2 aliphatic heterocycles. The molecule has 0 saturated heterocycles. The van der Waals surface area contributed by atoms with Gasteiger partial charge in [-0.1, -0.05) is 12.1 Å². The molecular formula is C19H20N2O4.